The first kappa shape index (κ1) is 17.9. The van der Waals surface area contributed by atoms with E-state index in [1.54, 1.807) is 0 Å². The predicted octanol–water partition coefficient (Wildman–Crippen LogP) is 1.80. The van der Waals surface area contributed by atoms with Crippen LogP contribution in [-0.4, -0.2) is 39.3 Å². The Morgan fingerprint density at radius 1 is 1.29 bits per heavy atom. The number of fused-ring (bicyclic) bond motifs is 1. The summed E-state index contributed by atoms with van der Waals surface area (Å²) in [6, 6.07) is 3.77. The van der Waals surface area contributed by atoms with Crippen LogP contribution in [0.25, 0.3) is 0 Å². The van der Waals surface area contributed by atoms with E-state index in [4.69, 9.17) is 21.1 Å². The molecule has 2 N–H and O–H groups in total. The van der Waals surface area contributed by atoms with Gasteiger partial charge in [0.25, 0.3) is 0 Å². The maximum atomic E-state index is 11.5. The lowest BCUT2D eigenvalue weighted by Gasteiger charge is -2.20. The third-order valence-electron chi connectivity index (χ3n) is 2.99. The third kappa shape index (κ3) is 5.26. The van der Waals surface area contributed by atoms with Gasteiger partial charge in [-0.3, -0.25) is 4.79 Å². The molecule has 1 aromatic carbocycles. The Balaban J connectivity index is 0.00000220. The van der Waals surface area contributed by atoms with Gasteiger partial charge in [-0.05, 0) is 31.2 Å². The second-order valence-corrected chi connectivity index (χ2v) is 4.96. The fourth-order valence-electron chi connectivity index (χ4n) is 1.98. The first-order chi connectivity index (χ1) is 9.70. The van der Waals surface area contributed by atoms with Crippen LogP contribution in [0.15, 0.2) is 12.1 Å². The van der Waals surface area contributed by atoms with E-state index in [-0.39, 0.29) is 18.3 Å². The molecule has 0 radical (unpaired) electrons. The Morgan fingerprint density at radius 3 is 2.81 bits per heavy atom. The molecule has 0 aliphatic carbocycles. The molecule has 0 spiro atoms. The van der Waals surface area contributed by atoms with Gasteiger partial charge in [-0.15, -0.1) is 12.4 Å². The summed E-state index contributed by atoms with van der Waals surface area (Å²) in [6.45, 7) is 2.32. The van der Waals surface area contributed by atoms with Gasteiger partial charge in [0, 0.05) is 19.5 Å². The molecule has 5 nitrogen and oxygen atoms in total. The average Bonchev–Trinajstić information content (AvgIpc) is 2.45. The molecule has 7 heteroatoms. The van der Waals surface area contributed by atoms with Gasteiger partial charge < -0.3 is 20.1 Å². The van der Waals surface area contributed by atoms with Crippen LogP contribution in [0.4, 0.5) is 0 Å². The first-order valence-electron chi connectivity index (χ1n) is 6.70. The topological polar surface area (TPSA) is 59.6 Å². The molecule has 0 bridgehead atoms. The molecule has 0 saturated heterocycles. The second-order valence-electron chi connectivity index (χ2n) is 4.56. The van der Waals surface area contributed by atoms with E-state index in [1.165, 1.54) is 0 Å². The minimum Gasteiger partial charge on any atom is -0.486 e. The summed E-state index contributed by atoms with van der Waals surface area (Å²) in [4.78, 5) is 11.5. The highest BCUT2D eigenvalue weighted by molar-refractivity contribution is 6.32. The van der Waals surface area contributed by atoms with Crippen molar-refractivity contribution in [3.05, 3.63) is 22.7 Å². The van der Waals surface area contributed by atoms with Gasteiger partial charge in [-0.2, -0.15) is 0 Å². The van der Waals surface area contributed by atoms with Crippen LogP contribution < -0.4 is 20.1 Å². The Bertz CT molecular complexity index is 484. The van der Waals surface area contributed by atoms with Crippen molar-refractivity contribution in [2.45, 2.75) is 12.8 Å². The summed E-state index contributed by atoms with van der Waals surface area (Å²) < 4.78 is 11.0. The van der Waals surface area contributed by atoms with Crippen molar-refractivity contribution in [1.29, 1.82) is 0 Å². The van der Waals surface area contributed by atoms with Gasteiger partial charge >= 0.3 is 0 Å². The number of halogens is 2. The number of carbonyl (C=O) groups excluding carboxylic acids is 1. The molecule has 0 aromatic heterocycles. The summed E-state index contributed by atoms with van der Waals surface area (Å²) >= 11 is 6.16. The van der Waals surface area contributed by atoms with Crippen molar-refractivity contribution in [2.24, 2.45) is 0 Å². The molecule has 2 rings (SSSR count). The monoisotopic (exact) mass is 334 g/mol. The fraction of sp³-hybridized carbons (Fsp3) is 0.500. The molecule has 118 valence electrons. The Hall–Kier alpha value is -1.17. The SMILES string of the molecule is CNCCC(=O)NCCc1cc(Cl)c2c(c1)OCCO2.Cl. The fourth-order valence-corrected chi connectivity index (χ4v) is 2.27. The van der Waals surface area contributed by atoms with Gasteiger partial charge in [-0.25, -0.2) is 0 Å². The van der Waals surface area contributed by atoms with Crippen LogP contribution in [0.3, 0.4) is 0 Å². The molecule has 1 heterocycles. The molecule has 21 heavy (non-hydrogen) atoms. The highest BCUT2D eigenvalue weighted by Gasteiger charge is 2.16. The zero-order chi connectivity index (χ0) is 14.4. The van der Waals surface area contributed by atoms with E-state index < -0.39 is 0 Å². The zero-order valence-corrected chi connectivity index (χ0v) is 13.5. The van der Waals surface area contributed by atoms with Crippen molar-refractivity contribution in [2.75, 3.05) is 33.4 Å². The highest BCUT2D eigenvalue weighted by Crippen LogP contribution is 2.38. The van der Waals surface area contributed by atoms with Crippen LogP contribution in [-0.2, 0) is 11.2 Å². The number of rotatable bonds is 6. The molecule has 0 fully saturated rings. The lowest BCUT2D eigenvalue weighted by atomic mass is 10.1. The summed E-state index contributed by atoms with van der Waals surface area (Å²) in [6.07, 6.45) is 1.19. The number of benzene rings is 1. The van der Waals surface area contributed by atoms with E-state index in [0.29, 0.717) is 55.7 Å². The largest absolute Gasteiger partial charge is 0.486 e. The van der Waals surface area contributed by atoms with Crippen molar-refractivity contribution in [3.8, 4) is 11.5 Å². The van der Waals surface area contributed by atoms with Gasteiger partial charge in [0.1, 0.15) is 13.2 Å². The average molecular weight is 335 g/mol. The van der Waals surface area contributed by atoms with Crippen molar-refractivity contribution < 1.29 is 14.3 Å². The third-order valence-corrected chi connectivity index (χ3v) is 3.28. The highest BCUT2D eigenvalue weighted by atomic mass is 35.5. The second kappa shape index (κ2) is 8.97. The van der Waals surface area contributed by atoms with Crippen molar-refractivity contribution in [3.63, 3.8) is 0 Å². The van der Waals surface area contributed by atoms with Gasteiger partial charge in [0.2, 0.25) is 5.91 Å². The number of nitrogens with one attached hydrogen (secondary N) is 2. The summed E-state index contributed by atoms with van der Waals surface area (Å²) in [5.41, 5.74) is 1.02. The molecule has 1 amide bonds. The van der Waals surface area contributed by atoms with Crippen LogP contribution in [0.1, 0.15) is 12.0 Å². The van der Waals surface area contributed by atoms with E-state index in [2.05, 4.69) is 10.6 Å². The Morgan fingerprint density at radius 2 is 2.05 bits per heavy atom. The minimum atomic E-state index is 0. The smallest absolute Gasteiger partial charge is 0.221 e. The van der Waals surface area contributed by atoms with Crippen molar-refractivity contribution >= 4 is 29.9 Å². The van der Waals surface area contributed by atoms with E-state index in [1.807, 2.05) is 19.2 Å². The van der Waals surface area contributed by atoms with Crippen LogP contribution in [0, 0.1) is 0 Å². The Kier molecular flexibility index (Phi) is 7.64. The number of hydrogen-bond acceptors (Lipinski definition) is 4. The van der Waals surface area contributed by atoms with Crippen LogP contribution >= 0.6 is 24.0 Å². The van der Waals surface area contributed by atoms with Crippen LogP contribution in [0.5, 0.6) is 11.5 Å². The van der Waals surface area contributed by atoms with Crippen molar-refractivity contribution in [1.82, 2.24) is 10.6 Å². The molecule has 0 saturated carbocycles. The molecule has 0 atom stereocenters. The molecule has 0 unspecified atom stereocenters. The number of hydrogen-bond donors (Lipinski definition) is 2. The predicted molar refractivity (Wildman–Crippen MR) is 84.9 cm³/mol. The zero-order valence-electron chi connectivity index (χ0n) is 11.9. The maximum absolute atomic E-state index is 11.5. The first-order valence-corrected chi connectivity index (χ1v) is 7.08. The number of carbonyl (C=O) groups is 1. The maximum Gasteiger partial charge on any atom is 0.221 e. The van der Waals surface area contributed by atoms with E-state index >= 15 is 0 Å². The van der Waals surface area contributed by atoms with Gasteiger partial charge in [-0.1, -0.05) is 11.6 Å². The number of ether oxygens (including phenoxy) is 2. The molecule has 1 aromatic rings. The molecular formula is C14H20Cl2N2O3. The van der Waals surface area contributed by atoms with Gasteiger partial charge in [0.05, 0.1) is 5.02 Å². The lowest BCUT2D eigenvalue weighted by molar-refractivity contribution is -0.120. The van der Waals surface area contributed by atoms with E-state index in [9.17, 15) is 4.79 Å². The standard InChI is InChI=1S/C14H19ClN2O3.ClH/c1-16-4-3-13(18)17-5-2-10-8-11(15)14-12(9-10)19-6-7-20-14;/h8-9,16H,2-7H2,1H3,(H,17,18);1H. The van der Waals surface area contributed by atoms with Crippen LogP contribution in [0.2, 0.25) is 5.02 Å². The summed E-state index contributed by atoms with van der Waals surface area (Å²) in [5.74, 6) is 1.34. The molecule has 1 aliphatic rings. The Labute approximate surface area is 135 Å². The lowest BCUT2D eigenvalue weighted by Crippen LogP contribution is -2.28. The normalized spacial score (nSPS) is 12.5. The minimum absolute atomic E-state index is 0. The molecular weight excluding hydrogens is 315 g/mol. The summed E-state index contributed by atoms with van der Waals surface area (Å²) in [7, 11) is 1.82. The number of amides is 1. The molecule has 1 aliphatic heterocycles. The quantitative estimate of drug-likeness (QED) is 0.832. The summed E-state index contributed by atoms with van der Waals surface area (Å²) in [5, 5.41) is 6.37. The van der Waals surface area contributed by atoms with E-state index in [0.717, 1.165) is 5.56 Å². The van der Waals surface area contributed by atoms with Gasteiger partial charge in [0.15, 0.2) is 11.5 Å².